The molecule has 0 unspecified atom stereocenters. The van der Waals surface area contributed by atoms with Crippen LogP contribution in [0.15, 0.2) is 30.3 Å². The standard InChI is InChI=1S/C27H36FN2O7P/c1-32-24-13-12-21(10-11-22-18-23(28)27(34-3)26(20-22)33-2)19-25(24)35-38(31,36-29-14-6-4-7-15-29)37-30-16-8-5-9-17-30/h10-13,18-20H,4-9,14-17H2,1-3H3/b11-10-. The number of phosphoric acid groups is 1. The van der Waals surface area contributed by atoms with Gasteiger partial charge in [-0.1, -0.05) is 31.1 Å². The highest BCUT2D eigenvalue weighted by molar-refractivity contribution is 7.48. The predicted molar refractivity (Wildman–Crippen MR) is 143 cm³/mol. The van der Waals surface area contributed by atoms with Crippen LogP contribution in [0.5, 0.6) is 23.0 Å². The van der Waals surface area contributed by atoms with Crippen molar-refractivity contribution in [2.75, 3.05) is 47.5 Å². The molecule has 38 heavy (non-hydrogen) atoms. The molecule has 9 nitrogen and oxygen atoms in total. The Hall–Kier alpha value is -2.62. The summed E-state index contributed by atoms with van der Waals surface area (Å²) in [7, 11) is 0.272. The lowest BCUT2D eigenvalue weighted by atomic mass is 10.1. The van der Waals surface area contributed by atoms with Gasteiger partial charge in [0, 0.05) is 26.2 Å². The van der Waals surface area contributed by atoms with Crippen molar-refractivity contribution >= 4 is 20.0 Å². The molecule has 208 valence electrons. The van der Waals surface area contributed by atoms with E-state index in [-0.39, 0.29) is 17.2 Å². The summed E-state index contributed by atoms with van der Waals surface area (Å²) in [4.78, 5) is 0. The number of benzene rings is 2. The molecule has 0 spiro atoms. The van der Waals surface area contributed by atoms with Crippen molar-refractivity contribution in [1.82, 2.24) is 10.1 Å². The highest BCUT2D eigenvalue weighted by Gasteiger charge is 2.37. The lowest BCUT2D eigenvalue weighted by molar-refractivity contribution is -0.148. The van der Waals surface area contributed by atoms with Gasteiger partial charge >= 0.3 is 7.82 Å². The van der Waals surface area contributed by atoms with Crippen molar-refractivity contribution < 1.29 is 36.9 Å². The van der Waals surface area contributed by atoms with E-state index in [1.165, 1.54) is 27.4 Å². The van der Waals surface area contributed by atoms with Crippen LogP contribution < -0.4 is 18.7 Å². The van der Waals surface area contributed by atoms with Gasteiger partial charge in [-0.05, 0) is 61.1 Å². The lowest BCUT2D eigenvalue weighted by Crippen LogP contribution is -2.34. The fraction of sp³-hybridized carbons (Fsp3) is 0.481. The van der Waals surface area contributed by atoms with E-state index in [4.69, 9.17) is 28.0 Å². The highest BCUT2D eigenvalue weighted by Crippen LogP contribution is 2.53. The van der Waals surface area contributed by atoms with E-state index in [0.717, 1.165) is 38.5 Å². The SMILES string of the molecule is COc1ccc(/C=C\c2cc(F)c(OC)c(OC)c2)cc1OP(=O)(ON1CCCCC1)ON1CCCCC1. The van der Waals surface area contributed by atoms with Crippen LogP contribution in [-0.4, -0.2) is 57.6 Å². The monoisotopic (exact) mass is 550 g/mol. The molecular weight excluding hydrogens is 514 g/mol. The maximum atomic E-state index is 14.4. The van der Waals surface area contributed by atoms with E-state index in [1.807, 2.05) is 0 Å². The number of methoxy groups -OCH3 is 3. The molecule has 0 bridgehead atoms. The molecule has 2 aromatic rings. The van der Waals surface area contributed by atoms with E-state index >= 15 is 0 Å². The average Bonchev–Trinajstić information content (AvgIpc) is 2.92. The van der Waals surface area contributed by atoms with Crippen LogP contribution >= 0.6 is 7.82 Å². The third-order valence-electron chi connectivity index (χ3n) is 6.38. The van der Waals surface area contributed by atoms with Crippen LogP contribution in [-0.2, 0) is 13.8 Å². The number of hydroxylamine groups is 4. The number of ether oxygens (including phenoxy) is 3. The molecule has 2 aromatic carbocycles. The molecule has 2 fully saturated rings. The number of hydrogen-bond acceptors (Lipinski definition) is 9. The van der Waals surface area contributed by atoms with Crippen molar-refractivity contribution in [1.29, 1.82) is 0 Å². The zero-order chi connectivity index (χ0) is 27.0. The minimum Gasteiger partial charge on any atom is -0.493 e. The second kappa shape index (κ2) is 13.4. The summed E-state index contributed by atoms with van der Waals surface area (Å²) in [6.07, 6.45) is 9.50. The van der Waals surface area contributed by atoms with E-state index in [0.29, 0.717) is 43.1 Å². The van der Waals surface area contributed by atoms with Gasteiger partial charge in [0.05, 0.1) is 21.3 Å². The van der Waals surface area contributed by atoms with Crippen molar-refractivity contribution in [2.45, 2.75) is 38.5 Å². The molecule has 2 aliphatic rings. The number of nitrogens with zero attached hydrogens (tertiary/aromatic N) is 2. The topological polar surface area (TPSA) is 78.9 Å². The minimum atomic E-state index is -4.07. The van der Waals surface area contributed by atoms with Crippen LogP contribution in [0, 0.1) is 5.82 Å². The van der Waals surface area contributed by atoms with Gasteiger partial charge in [0.1, 0.15) is 0 Å². The summed E-state index contributed by atoms with van der Waals surface area (Å²) in [5.74, 6) is 0.393. The number of rotatable bonds is 11. The summed E-state index contributed by atoms with van der Waals surface area (Å²) in [6.45, 7) is 2.61. The van der Waals surface area contributed by atoms with Crippen molar-refractivity contribution in [2.24, 2.45) is 0 Å². The van der Waals surface area contributed by atoms with Crippen molar-refractivity contribution in [3.05, 3.63) is 47.3 Å². The van der Waals surface area contributed by atoms with Crippen LogP contribution in [0.4, 0.5) is 4.39 Å². The molecule has 0 saturated carbocycles. The Bertz CT molecular complexity index is 1130. The predicted octanol–water partition coefficient (Wildman–Crippen LogP) is 6.34. The molecule has 0 radical (unpaired) electrons. The van der Waals surface area contributed by atoms with Crippen LogP contribution in [0.1, 0.15) is 49.7 Å². The van der Waals surface area contributed by atoms with Gasteiger partial charge in [-0.3, -0.25) is 0 Å². The van der Waals surface area contributed by atoms with Gasteiger partial charge in [-0.25, -0.2) is 8.96 Å². The molecule has 11 heteroatoms. The first-order chi connectivity index (χ1) is 18.4. The van der Waals surface area contributed by atoms with Gasteiger partial charge in [-0.15, -0.1) is 0 Å². The van der Waals surface area contributed by atoms with E-state index in [1.54, 1.807) is 46.5 Å². The van der Waals surface area contributed by atoms with E-state index < -0.39 is 13.6 Å². The molecule has 2 aliphatic heterocycles. The third-order valence-corrected chi connectivity index (χ3v) is 7.67. The maximum Gasteiger partial charge on any atom is 0.564 e. The van der Waals surface area contributed by atoms with Crippen LogP contribution in [0.25, 0.3) is 12.2 Å². The fourth-order valence-corrected chi connectivity index (χ4v) is 5.81. The number of piperidine rings is 2. The maximum absolute atomic E-state index is 14.4. The Labute approximate surface area is 223 Å². The molecule has 4 rings (SSSR count). The third kappa shape index (κ3) is 7.48. The molecule has 0 aromatic heterocycles. The number of hydrogen-bond donors (Lipinski definition) is 0. The Balaban J connectivity index is 1.58. The minimum absolute atomic E-state index is 0.0444. The first kappa shape index (κ1) is 28.4. The molecule has 0 amide bonds. The second-order valence-corrected chi connectivity index (χ2v) is 10.6. The quantitative estimate of drug-likeness (QED) is 0.235. The molecule has 0 atom stereocenters. The lowest BCUT2D eigenvalue weighted by Gasteiger charge is -2.32. The summed E-state index contributed by atoms with van der Waals surface area (Å²) in [6, 6.07) is 8.22. The Morgan fingerprint density at radius 2 is 1.26 bits per heavy atom. The second-order valence-electron chi connectivity index (χ2n) is 9.16. The molecule has 2 saturated heterocycles. The Morgan fingerprint density at radius 3 is 1.82 bits per heavy atom. The summed E-state index contributed by atoms with van der Waals surface area (Å²) in [5.41, 5.74) is 1.28. The van der Waals surface area contributed by atoms with E-state index in [2.05, 4.69) is 0 Å². The molecular formula is C27H36FN2O7P. The smallest absolute Gasteiger partial charge is 0.493 e. The Morgan fingerprint density at radius 1 is 0.711 bits per heavy atom. The largest absolute Gasteiger partial charge is 0.564 e. The van der Waals surface area contributed by atoms with E-state index in [9.17, 15) is 8.96 Å². The van der Waals surface area contributed by atoms with Crippen LogP contribution in [0.3, 0.4) is 0 Å². The van der Waals surface area contributed by atoms with Crippen molar-refractivity contribution in [3.63, 3.8) is 0 Å². The summed E-state index contributed by atoms with van der Waals surface area (Å²) < 4.78 is 61.9. The summed E-state index contributed by atoms with van der Waals surface area (Å²) >= 11 is 0. The molecule has 0 aliphatic carbocycles. The zero-order valence-corrected chi connectivity index (χ0v) is 23.1. The van der Waals surface area contributed by atoms with Gasteiger partial charge in [0.25, 0.3) is 0 Å². The average molecular weight is 551 g/mol. The van der Waals surface area contributed by atoms with Gasteiger partial charge in [0.2, 0.25) is 0 Å². The van der Waals surface area contributed by atoms with Gasteiger partial charge in [0.15, 0.2) is 28.8 Å². The normalized spacial score (nSPS) is 17.5. The van der Waals surface area contributed by atoms with Crippen LogP contribution in [0.2, 0.25) is 0 Å². The molecule has 2 heterocycles. The zero-order valence-electron chi connectivity index (χ0n) is 22.2. The first-order valence-electron chi connectivity index (χ1n) is 12.9. The molecule has 0 N–H and O–H groups in total. The summed E-state index contributed by atoms with van der Waals surface area (Å²) in [5, 5.41) is 3.33. The van der Waals surface area contributed by atoms with Gasteiger partial charge in [-0.2, -0.15) is 19.4 Å². The Kier molecular flexibility index (Phi) is 10.0. The first-order valence-corrected chi connectivity index (χ1v) is 14.4. The fourth-order valence-electron chi connectivity index (χ4n) is 4.44. The number of halogens is 1. The van der Waals surface area contributed by atoms with Gasteiger partial charge < -0.3 is 18.7 Å². The van der Waals surface area contributed by atoms with Crippen molar-refractivity contribution in [3.8, 4) is 23.0 Å². The highest BCUT2D eigenvalue weighted by atomic mass is 31.2.